The van der Waals surface area contributed by atoms with Crippen molar-refractivity contribution in [3.63, 3.8) is 0 Å². The van der Waals surface area contributed by atoms with Gasteiger partial charge in [0, 0.05) is 0 Å². The summed E-state index contributed by atoms with van der Waals surface area (Å²) in [5.41, 5.74) is 1.49. The van der Waals surface area contributed by atoms with Crippen LogP contribution in [0.2, 0.25) is 0 Å². The van der Waals surface area contributed by atoms with Gasteiger partial charge in [-0.25, -0.2) is 0 Å². The van der Waals surface area contributed by atoms with E-state index in [4.69, 9.17) is 0 Å². The Morgan fingerprint density at radius 3 is 2.47 bits per heavy atom. The van der Waals surface area contributed by atoms with Crippen molar-refractivity contribution < 1.29 is 0 Å². The molecule has 19 heavy (non-hydrogen) atoms. The smallest absolute Gasteiger partial charge is 0.0181 e. The largest absolute Gasteiger partial charge is 0.0654 e. The predicted octanol–water partition coefficient (Wildman–Crippen LogP) is 5.99. The Balaban J connectivity index is 1.87. The summed E-state index contributed by atoms with van der Waals surface area (Å²) in [7, 11) is 0. The number of fused-ring (bicyclic) bond motifs is 1. The number of aryl methyl sites for hydroxylation is 1. The second-order valence-electron chi connectivity index (χ2n) is 5.82. The fraction of sp³-hybridized carbons (Fsp3) is 0.474. The van der Waals surface area contributed by atoms with Crippen molar-refractivity contribution in [3.05, 3.63) is 48.0 Å². The normalized spacial score (nSPS) is 12.7. The standard InChI is InChI=1S/C19H26/c1-3-4-5-8-16(2)11-12-17-13-14-18-9-6-7-10-19(18)15-17/h6-7,9-10,13-16H,3-5,8,11-12H2,1-2H3. The lowest BCUT2D eigenvalue weighted by Gasteiger charge is -2.11. The molecule has 2 rings (SSSR count). The summed E-state index contributed by atoms with van der Waals surface area (Å²) in [4.78, 5) is 0. The fourth-order valence-corrected chi connectivity index (χ4v) is 2.69. The minimum atomic E-state index is 0.859. The van der Waals surface area contributed by atoms with Gasteiger partial charge >= 0.3 is 0 Å². The molecule has 0 aliphatic heterocycles. The van der Waals surface area contributed by atoms with Gasteiger partial charge in [-0.3, -0.25) is 0 Å². The van der Waals surface area contributed by atoms with Crippen molar-refractivity contribution in [3.8, 4) is 0 Å². The topological polar surface area (TPSA) is 0 Å². The van der Waals surface area contributed by atoms with Crippen LogP contribution in [0, 0.1) is 5.92 Å². The van der Waals surface area contributed by atoms with E-state index in [2.05, 4.69) is 56.3 Å². The van der Waals surface area contributed by atoms with E-state index < -0.39 is 0 Å². The lowest BCUT2D eigenvalue weighted by molar-refractivity contribution is 0.464. The first-order valence-corrected chi connectivity index (χ1v) is 7.77. The number of benzene rings is 2. The molecule has 1 unspecified atom stereocenters. The molecule has 0 aliphatic carbocycles. The molecule has 0 radical (unpaired) electrons. The van der Waals surface area contributed by atoms with Gasteiger partial charge in [-0.05, 0) is 35.1 Å². The Bertz CT molecular complexity index is 498. The summed E-state index contributed by atoms with van der Waals surface area (Å²) in [6.07, 6.45) is 8.05. The van der Waals surface area contributed by atoms with Crippen LogP contribution in [0.3, 0.4) is 0 Å². The van der Waals surface area contributed by atoms with Crippen molar-refractivity contribution in [2.75, 3.05) is 0 Å². The van der Waals surface area contributed by atoms with E-state index in [1.807, 2.05) is 0 Å². The summed E-state index contributed by atoms with van der Waals surface area (Å²) in [6, 6.07) is 15.5. The molecule has 0 spiro atoms. The Morgan fingerprint density at radius 2 is 1.68 bits per heavy atom. The summed E-state index contributed by atoms with van der Waals surface area (Å²) < 4.78 is 0. The average Bonchev–Trinajstić information content (AvgIpc) is 2.45. The van der Waals surface area contributed by atoms with Crippen LogP contribution >= 0.6 is 0 Å². The first kappa shape index (κ1) is 14.1. The van der Waals surface area contributed by atoms with Crippen LogP contribution in [0.5, 0.6) is 0 Å². The van der Waals surface area contributed by atoms with Crippen LogP contribution in [0.1, 0.15) is 51.5 Å². The van der Waals surface area contributed by atoms with Crippen LogP contribution in [-0.4, -0.2) is 0 Å². The van der Waals surface area contributed by atoms with E-state index in [0.717, 1.165) is 5.92 Å². The van der Waals surface area contributed by atoms with Gasteiger partial charge in [0.2, 0.25) is 0 Å². The molecule has 0 saturated carbocycles. The van der Waals surface area contributed by atoms with Gasteiger partial charge in [0.1, 0.15) is 0 Å². The molecule has 0 bridgehead atoms. The molecule has 0 nitrogen and oxygen atoms in total. The lowest BCUT2D eigenvalue weighted by atomic mass is 9.95. The van der Waals surface area contributed by atoms with Gasteiger partial charge in [0.25, 0.3) is 0 Å². The van der Waals surface area contributed by atoms with Crippen molar-refractivity contribution in [2.24, 2.45) is 5.92 Å². The number of rotatable bonds is 7. The molecule has 0 heteroatoms. The molecule has 1 atom stereocenters. The third-order valence-corrected chi connectivity index (χ3v) is 4.04. The van der Waals surface area contributed by atoms with E-state index in [-0.39, 0.29) is 0 Å². The third kappa shape index (κ3) is 4.38. The molecule has 0 heterocycles. The first-order chi connectivity index (χ1) is 9.29. The number of hydrogen-bond donors (Lipinski definition) is 0. The third-order valence-electron chi connectivity index (χ3n) is 4.04. The second kappa shape index (κ2) is 7.33. The molecule has 0 N–H and O–H groups in total. The maximum atomic E-state index is 2.40. The van der Waals surface area contributed by atoms with E-state index in [1.54, 1.807) is 0 Å². The first-order valence-electron chi connectivity index (χ1n) is 7.77. The molecule has 0 saturated heterocycles. The number of hydrogen-bond acceptors (Lipinski definition) is 0. The lowest BCUT2D eigenvalue weighted by Crippen LogP contribution is -1.97. The van der Waals surface area contributed by atoms with Gasteiger partial charge in [0.15, 0.2) is 0 Å². The van der Waals surface area contributed by atoms with Crippen molar-refractivity contribution in [1.82, 2.24) is 0 Å². The van der Waals surface area contributed by atoms with Crippen LogP contribution in [0.15, 0.2) is 42.5 Å². The van der Waals surface area contributed by atoms with Gasteiger partial charge < -0.3 is 0 Å². The van der Waals surface area contributed by atoms with Crippen LogP contribution in [0.25, 0.3) is 10.8 Å². The summed E-state index contributed by atoms with van der Waals surface area (Å²) >= 11 is 0. The molecule has 0 aromatic heterocycles. The quantitative estimate of drug-likeness (QED) is 0.532. The molecular formula is C19H26. The van der Waals surface area contributed by atoms with E-state index in [9.17, 15) is 0 Å². The minimum Gasteiger partial charge on any atom is -0.0654 e. The highest BCUT2D eigenvalue weighted by molar-refractivity contribution is 5.82. The van der Waals surface area contributed by atoms with E-state index >= 15 is 0 Å². The Hall–Kier alpha value is -1.30. The molecule has 102 valence electrons. The predicted molar refractivity (Wildman–Crippen MR) is 85.6 cm³/mol. The molecule has 0 amide bonds. The average molecular weight is 254 g/mol. The molecule has 2 aromatic rings. The minimum absolute atomic E-state index is 0.859. The SMILES string of the molecule is CCCCCC(C)CCc1ccc2ccccc2c1. The van der Waals surface area contributed by atoms with Crippen LogP contribution in [-0.2, 0) is 6.42 Å². The second-order valence-corrected chi connectivity index (χ2v) is 5.82. The Kier molecular flexibility index (Phi) is 5.44. The number of unbranched alkanes of at least 4 members (excludes halogenated alkanes) is 2. The zero-order valence-electron chi connectivity index (χ0n) is 12.4. The van der Waals surface area contributed by atoms with Gasteiger partial charge in [-0.1, -0.05) is 82.0 Å². The summed E-state index contributed by atoms with van der Waals surface area (Å²) in [5.74, 6) is 0.859. The maximum Gasteiger partial charge on any atom is -0.0181 e. The molecule has 2 aromatic carbocycles. The van der Waals surface area contributed by atoms with Crippen LogP contribution < -0.4 is 0 Å². The Morgan fingerprint density at radius 1 is 0.895 bits per heavy atom. The summed E-state index contributed by atoms with van der Waals surface area (Å²) in [5, 5.41) is 2.72. The molecular weight excluding hydrogens is 228 g/mol. The zero-order chi connectivity index (χ0) is 13.5. The summed E-state index contributed by atoms with van der Waals surface area (Å²) in [6.45, 7) is 4.68. The maximum absolute atomic E-state index is 2.40. The highest BCUT2D eigenvalue weighted by Gasteiger charge is 2.03. The van der Waals surface area contributed by atoms with Gasteiger partial charge in [-0.15, -0.1) is 0 Å². The highest BCUT2D eigenvalue weighted by Crippen LogP contribution is 2.20. The van der Waals surface area contributed by atoms with Gasteiger partial charge in [-0.2, -0.15) is 0 Å². The zero-order valence-corrected chi connectivity index (χ0v) is 12.4. The fourth-order valence-electron chi connectivity index (χ4n) is 2.69. The van der Waals surface area contributed by atoms with Crippen molar-refractivity contribution in [2.45, 2.75) is 52.4 Å². The van der Waals surface area contributed by atoms with E-state index in [1.165, 1.54) is 54.9 Å². The molecule has 0 aliphatic rings. The Labute approximate surface area is 117 Å². The highest BCUT2D eigenvalue weighted by atomic mass is 14.1. The van der Waals surface area contributed by atoms with Crippen LogP contribution in [0.4, 0.5) is 0 Å². The van der Waals surface area contributed by atoms with Crippen molar-refractivity contribution >= 4 is 10.8 Å². The molecule has 0 fully saturated rings. The van der Waals surface area contributed by atoms with Crippen molar-refractivity contribution in [1.29, 1.82) is 0 Å². The monoisotopic (exact) mass is 254 g/mol. The van der Waals surface area contributed by atoms with Gasteiger partial charge in [0.05, 0.1) is 0 Å². The van der Waals surface area contributed by atoms with E-state index in [0.29, 0.717) is 0 Å².